The van der Waals surface area contributed by atoms with E-state index in [1.54, 1.807) is 17.8 Å². The van der Waals surface area contributed by atoms with Crippen molar-refractivity contribution in [3.05, 3.63) is 12.7 Å². The molecular weight excluding hydrogens is 146 g/mol. The Labute approximate surface area is 65.7 Å². The van der Waals surface area contributed by atoms with Crippen molar-refractivity contribution in [1.29, 1.82) is 0 Å². The molecule has 0 amide bonds. The van der Waals surface area contributed by atoms with E-state index in [9.17, 15) is 5.11 Å². The summed E-state index contributed by atoms with van der Waals surface area (Å²) in [5.41, 5.74) is 0. The highest BCUT2D eigenvalue weighted by molar-refractivity contribution is 8.00. The summed E-state index contributed by atoms with van der Waals surface area (Å²) in [6, 6.07) is 0. The molecule has 1 atom stereocenters. The molecular formula is C7H13NOS. The van der Waals surface area contributed by atoms with Crippen molar-refractivity contribution < 1.29 is 5.11 Å². The third-order valence-corrected chi connectivity index (χ3v) is 2.77. The lowest BCUT2D eigenvalue weighted by Gasteiger charge is -2.30. The van der Waals surface area contributed by atoms with Crippen LogP contribution in [0, 0.1) is 0 Å². The summed E-state index contributed by atoms with van der Waals surface area (Å²) in [7, 11) is 0. The molecule has 10 heavy (non-hydrogen) atoms. The number of thioether (sulfide) groups is 1. The number of aliphatic hydroxyl groups is 1. The minimum atomic E-state index is -0.583. The van der Waals surface area contributed by atoms with Crippen molar-refractivity contribution in [1.82, 2.24) is 5.32 Å². The van der Waals surface area contributed by atoms with Crippen molar-refractivity contribution in [3.8, 4) is 0 Å². The maximum absolute atomic E-state index is 9.70. The fourth-order valence-corrected chi connectivity index (χ4v) is 2.07. The molecule has 1 rings (SSSR count). The summed E-state index contributed by atoms with van der Waals surface area (Å²) in [5, 5.41) is 12.8. The summed E-state index contributed by atoms with van der Waals surface area (Å²) in [5.74, 6) is 0.990. The van der Waals surface area contributed by atoms with Gasteiger partial charge in [-0.05, 0) is 0 Å². The fraction of sp³-hybridized carbons (Fsp3) is 0.714. The maximum Gasteiger partial charge on any atom is 0.126 e. The Balaban J connectivity index is 2.39. The van der Waals surface area contributed by atoms with Gasteiger partial charge in [0.2, 0.25) is 0 Å². The largest absolute Gasteiger partial charge is 0.378 e. The van der Waals surface area contributed by atoms with Gasteiger partial charge in [0, 0.05) is 25.3 Å². The molecule has 2 nitrogen and oxygen atoms in total. The molecule has 3 heteroatoms. The molecule has 1 heterocycles. The van der Waals surface area contributed by atoms with Crippen LogP contribution in [0.25, 0.3) is 0 Å². The Bertz CT molecular complexity index is 121. The van der Waals surface area contributed by atoms with Gasteiger partial charge in [0.05, 0.1) is 0 Å². The van der Waals surface area contributed by atoms with Gasteiger partial charge in [-0.1, -0.05) is 6.08 Å². The first kappa shape index (κ1) is 8.11. The van der Waals surface area contributed by atoms with Crippen molar-refractivity contribution in [2.45, 2.75) is 11.4 Å². The van der Waals surface area contributed by atoms with E-state index in [0.717, 1.165) is 12.3 Å². The van der Waals surface area contributed by atoms with E-state index in [1.165, 1.54) is 0 Å². The van der Waals surface area contributed by atoms with Crippen LogP contribution in [0.1, 0.15) is 6.42 Å². The van der Waals surface area contributed by atoms with Crippen LogP contribution in [-0.4, -0.2) is 28.9 Å². The number of nitrogens with one attached hydrogen (secondary N) is 1. The van der Waals surface area contributed by atoms with Crippen LogP contribution in [0.3, 0.4) is 0 Å². The Hall–Kier alpha value is 0.0100. The summed E-state index contributed by atoms with van der Waals surface area (Å²) >= 11 is 1.61. The molecule has 0 radical (unpaired) electrons. The molecule has 2 N–H and O–H groups in total. The van der Waals surface area contributed by atoms with E-state index in [0.29, 0.717) is 13.0 Å². The van der Waals surface area contributed by atoms with Crippen molar-refractivity contribution in [3.63, 3.8) is 0 Å². The van der Waals surface area contributed by atoms with Crippen LogP contribution in [0.5, 0.6) is 0 Å². The normalized spacial score (nSPS) is 33.7. The third-order valence-electron chi connectivity index (χ3n) is 1.51. The third kappa shape index (κ3) is 2.01. The molecule has 1 unspecified atom stereocenters. The monoisotopic (exact) mass is 159 g/mol. The van der Waals surface area contributed by atoms with Crippen LogP contribution in [0.15, 0.2) is 12.7 Å². The van der Waals surface area contributed by atoms with Crippen LogP contribution in [-0.2, 0) is 0 Å². The van der Waals surface area contributed by atoms with Crippen molar-refractivity contribution in [2.75, 3.05) is 18.8 Å². The first-order chi connectivity index (χ1) is 4.77. The Kier molecular flexibility index (Phi) is 2.77. The number of β-amino-alcohol motifs (C(OH)–C–C–N with tert-alkyl or cyclic N) is 1. The molecule has 1 aliphatic heterocycles. The summed E-state index contributed by atoms with van der Waals surface area (Å²) in [6.45, 7) is 5.29. The van der Waals surface area contributed by atoms with E-state index in [-0.39, 0.29) is 0 Å². The zero-order chi connectivity index (χ0) is 7.45. The lowest BCUT2D eigenvalue weighted by molar-refractivity contribution is 0.135. The summed E-state index contributed by atoms with van der Waals surface area (Å²) in [4.78, 5) is -0.583. The minimum absolute atomic E-state index is 0.583. The van der Waals surface area contributed by atoms with E-state index in [2.05, 4.69) is 11.9 Å². The molecule has 1 fully saturated rings. The average Bonchev–Trinajstić information content (AvgIpc) is 1.89. The van der Waals surface area contributed by atoms with Gasteiger partial charge in [-0.25, -0.2) is 0 Å². The molecule has 0 aromatic carbocycles. The van der Waals surface area contributed by atoms with E-state index < -0.39 is 4.93 Å². The quantitative estimate of drug-likeness (QED) is 0.578. The van der Waals surface area contributed by atoms with Crippen LogP contribution < -0.4 is 5.32 Å². The first-order valence-corrected chi connectivity index (χ1v) is 4.43. The summed E-state index contributed by atoms with van der Waals surface area (Å²) < 4.78 is 0. The predicted molar refractivity (Wildman–Crippen MR) is 45.1 cm³/mol. The highest BCUT2D eigenvalue weighted by Gasteiger charge is 2.27. The van der Waals surface area contributed by atoms with Gasteiger partial charge in [0.1, 0.15) is 4.93 Å². The second kappa shape index (κ2) is 3.42. The topological polar surface area (TPSA) is 32.3 Å². The Morgan fingerprint density at radius 1 is 1.80 bits per heavy atom. The van der Waals surface area contributed by atoms with Gasteiger partial charge in [-0.15, -0.1) is 18.3 Å². The molecule has 58 valence electrons. The smallest absolute Gasteiger partial charge is 0.126 e. The van der Waals surface area contributed by atoms with Crippen LogP contribution in [0.2, 0.25) is 0 Å². The number of rotatable bonds is 2. The van der Waals surface area contributed by atoms with Gasteiger partial charge >= 0.3 is 0 Å². The standard InChI is InChI=1S/C7H13NOS/c1-2-3-7(9)6-8-4-5-10-7/h2,8-9H,1,3-6H2. The van der Waals surface area contributed by atoms with E-state index in [1.807, 2.05) is 0 Å². The highest BCUT2D eigenvalue weighted by Crippen LogP contribution is 2.27. The van der Waals surface area contributed by atoms with E-state index in [4.69, 9.17) is 0 Å². The van der Waals surface area contributed by atoms with Gasteiger partial charge in [0.15, 0.2) is 0 Å². The maximum atomic E-state index is 9.70. The zero-order valence-corrected chi connectivity index (χ0v) is 6.78. The number of hydrogen-bond donors (Lipinski definition) is 2. The molecule has 0 aliphatic carbocycles. The molecule has 0 bridgehead atoms. The zero-order valence-electron chi connectivity index (χ0n) is 5.97. The molecule has 0 aromatic rings. The SMILES string of the molecule is C=CCC1(O)CNCCS1. The van der Waals surface area contributed by atoms with E-state index >= 15 is 0 Å². The average molecular weight is 159 g/mol. The Morgan fingerprint density at radius 3 is 3.10 bits per heavy atom. The first-order valence-electron chi connectivity index (χ1n) is 3.45. The second-order valence-electron chi connectivity index (χ2n) is 2.46. The van der Waals surface area contributed by atoms with Gasteiger partial charge in [0.25, 0.3) is 0 Å². The highest BCUT2D eigenvalue weighted by atomic mass is 32.2. The predicted octanol–water partition coefficient (Wildman–Crippen LogP) is 0.587. The lowest BCUT2D eigenvalue weighted by Crippen LogP contribution is -2.43. The minimum Gasteiger partial charge on any atom is -0.378 e. The fourth-order valence-electron chi connectivity index (χ4n) is 1.00. The van der Waals surface area contributed by atoms with Gasteiger partial charge in [-0.3, -0.25) is 0 Å². The molecule has 1 saturated heterocycles. The van der Waals surface area contributed by atoms with Crippen molar-refractivity contribution >= 4 is 11.8 Å². The van der Waals surface area contributed by atoms with Crippen LogP contribution >= 0.6 is 11.8 Å². The molecule has 1 aliphatic rings. The Morgan fingerprint density at radius 2 is 2.60 bits per heavy atom. The van der Waals surface area contributed by atoms with Gasteiger partial charge < -0.3 is 10.4 Å². The molecule has 0 spiro atoms. The van der Waals surface area contributed by atoms with Crippen molar-refractivity contribution in [2.24, 2.45) is 0 Å². The van der Waals surface area contributed by atoms with Gasteiger partial charge in [-0.2, -0.15) is 0 Å². The summed E-state index contributed by atoms with van der Waals surface area (Å²) in [6.07, 6.45) is 2.44. The molecule has 0 aromatic heterocycles. The van der Waals surface area contributed by atoms with Crippen LogP contribution in [0.4, 0.5) is 0 Å². The number of hydrogen-bond acceptors (Lipinski definition) is 3. The second-order valence-corrected chi connectivity index (χ2v) is 3.92. The molecule has 0 saturated carbocycles. The lowest BCUT2D eigenvalue weighted by atomic mass is 10.2.